The lowest BCUT2D eigenvalue weighted by atomic mass is 9.92. The Kier molecular flexibility index (Phi) is 8.26. The average Bonchev–Trinajstić information content (AvgIpc) is 2.54. The molecule has 1 heteroatoms. The van der Waals surface area contributed by atoms with Gasteiger partial charge in [0.2, 0.25) is 0 Å². The minimum absolute atomic E-state index is 0.898. The van der Waals surface area contributed by atoms with Crippen molar-refractivity contribution in [3.8, 4) is 0 Å². The van der Waals surface area contributed by atoms with Crippen LogP contribution >= 0.6 is 0 Å². The average molecular weight is 199 g/mol. The van der Waals surface area contributed by atoms with E-state index in [2.05, 4.69) is 25.8 Å². The van der Waals surface area contributed by atoms with Crippen LogP contribution in [0, 0.1) is 5.92 Å². The first-order chi connectivity index (χ1) is 6.79. The molecule has 0 aromatic rings. The fourth-order valence-corrected chi connectivity index (χ4v) is 2.55. The van der Waals surface area contributed by atoms with E-state index in [9.17, 15) is 0 Å². The highest BCUT2D eigenvalue weighted by Gasteiger charge is 2.29. The zero-order valence-electron chi connectivity index (χ0n) is 10.8. The summed E-state index contributed by atoms with van der Waals surface area (Å²) in [6.07, 6.45) is 6.99. The van der Waals surface area contributed by atoms with Gasteiger partial charge in [-0.3, -0.25) is 0 Å². The van der Waals surface area contributed by atoms with Crippen LogP contribution in [0.5, 0.6) is 0 Å². The van der Waals surface area contributed by atoms with E-state index in [0.717, 1.165) is 12.0 Å². The van der Waals surface area contributed by atoms with E-state index < -0.39 is 0 Å². The molecule has 14 heavy (non-hydrogen) atoms. The van der Waals surface area contributed by atoms with Gasteiger partial charge < -0.3 is 4.90 Å². The number of nitrogens with zero attached hydrogens (tertiary/aromatic N) is 1. The van der Waals surface area contributed by atoms with Gasteiger partial charge in [-0.25, -0.2) is 0 Å². The summed E-state index contributed by atoms with van der Waals surface area (Å²) in [5.41, 5.74) is 0. The van der Waals surface area contributed by atoms with Crippen molar-refractivity contribution in [1.82, 2.24) is 4.90 Å². The Balaban J connectivity index is 0.000000791. The largest absolute Gasteiger partial charge is 0.303 e. The van der Waals surface area contributed by atoms with Crippen LogP contribution in [-0.4, -0.2) is 24.5 Å². The molecule has 1 saturated heterocycles. The van der Waals surface area contributed by atoms with Gasteiger partial charge in [0.1, 0.15) is 0 Å². The van der Waals surface area contributed by atoms with E-state index >= 15 is 0 Å². The molecular weight excluding hydrogens is 170 g/mol. The summed E-state index contributed by atoms with van der Waals surface area (Å²) in [4.78, 5) is 2.56. The zero-order valence-corrected chi connectivity index (χ0v) is 10.8. The van der Waals surface area contributed by atoms with Crippen LogP contribution in [0.1, 0.15) is 59.8 Å². The lowest BCUT2D eigenvalue weighted by molar-refractivity contribution is 0.248. The molecule has 0 N–H and O–H groups in total. The Labute approximate surface area is 90.9 Å². The van der Waals surface area contributed by atoms with Gasteiger partial charge in [-0.2, -0.15) is 0 Å². The number of hydrogen-bond acceptors (Lipinski definition) is 1. The first-order valence-corrected chi connectivity index (χ1v) is 6.49. The second-order valence-corrected chi connectivity index (χ2v) is 4.17. The summed E-state index contributed by atoms with van der Waals surface area (Å²) in [7, 11) is 2.29. The van der Waals surface area contributed by atoms with Gasteiger partial charge in [0.05, 0.1) is 0 Å². The molecule has 1 heterocycles. The highest BCUT2D eigenvalue weighted by molar-refractivity contribution is 4.84. The Morgan fingerprint density at radius 3 is 2.14 bits per heavy atom. The normalized spacial score (nSPS) is 27.2. The van der Waals surface area contributed by atoms with Crippen LogP contribution in [0.25, 0.3) is 0 Å². The van der Waals surface area contributed by atoms with Gasteiger partial charge in [0, 0.05) is 6.04 Å². The van der Waals surface area contributed by atoms with Crippen molar-refractivity contribution in [2.24, 2.45) is 5.92 Å². The van der Waals surface area contributed by atoms with E-state index in [-0.39, 0.29) is 0 Å². The van der Waals surface area contributed by atoms with Crippen LogP contribution in [0.15, 0.2) is 0 Å². The molecule has 0 aliphatic carbocycles. The molecule has 0 spiro atoms. The second-order valence-electron chi connectivity index (χ2n) is 4.17. The minimum Gasteiger partial charge on any atom is -0.303 e. The summed E-state index contributed by atoms with van der Waals surface area (Å²) < 4.78 is 0. The third-order valence-corrected chi connectivity index (χ3v) is 3.21. The predicted octanol–water partition coefficient (Wildman–Crippen LogP) is 3.93. The molecule has 0 radical (unpaired) electrons. The fourth-order valence-electron chi connectivity index (χ4n) is 2.55. The van der Waals surface area contributed by atoms with E-state index in [4.69, 9.17) is 0 Å². The van der Waals surface area contributed by atoms with Crippen LogP contribution in [0.4, 0.5) is 0 Å². The molecule has 1 rings (SSSR count). The zero-order chi connectivity index (χ0) is 11.0. The lowest BCUT2D eigenvalue weighted by Crippen LogP contribution is -2.29. The van der Waals surface area contributed by atoms with Crippen LogP contribution in [0.3, 0.4) is 0 Å². The third kappa shape index (κ3) is 4.00. The minimum atomic E-state index is 0.898. The Bertz CT molecular complexity index is 120. The Hall–Kier alpha value is -0.0400. The van der Waals surface area contributed by atoms with Crippen molar-refractivity contribution < 1.29 is 0 Å². The van der Waals surface area contributed by atoms with E-state index in [1.807, 2.05) is 13.8 Å². The molecule has 0 saturated carbocycles. The van der Waals surface area contributed by atoms with Crippen molar-refractivity contribution in [3.63, 3.8) is 0 Å². The van der Waals surface area contributed by atoms with Gasteiger partial charge in [0.25, 0.3) is 0 Å². The van der Waals surface area contributed by atoms with Gasteiger partial charge in [-0.15, -0.1) is 0 Å². The van der Waals surface area contributed by atoms with E-state index in [1.165, 1.54) is 38.6 Å². The molecule has 0 aromatic heterocycles. The van der Waals surface area contributed by atoms with Gasteiger partial charge >= 0.3 is 0 Å². The van der Waals surface area contributed by atoms with Crippen LogP contribution in [0.2, 0.25) is 0 Å². The van der Waals surface area contributed by atoms with Crippen molar-refractivity contribution in [2.45, 2.75) is 65.8 Å². The summed E-state index contributed by atoms with van der Waals surface area (Å²) in [6.45, 7) is 9.94. The SMILES string of the molecule is CC.CCCC1CCN(C)C1CCC. The fraction of sp³-hybridized carbons (Fsp3) is 1.00. The van der Waals surface area contributed by atoms with Crippen molar-refractivity contribution in [2.75, 3.05) is 13.6 Å². The topological polar surface area (TPSA) is 3.24 Å². The molecule has 0 bridgehead atoms. The number of likely N-dealkylation sites (tertiary alicyclic amines) is 1. The van der Waals surface area contributed by atoms with Crippen LogP contribution in [-0.2, 0) is 0 Å². The summed E-state index contributed by atoms with van der Waals surface area (Å²) >= 11 is 0. The molecule has 2 atom stereocenters. The van der Waals surface area contributed by atoms with Crippen LogP contribution < -0.4 is 0 Å². The van der Waals surface area contributed by atoms with Gasteiger partial charge in [-0.1, -0.05) is 40.5 Å². The van der Waals surface area contributed by atoms with Gasteiger partial charge in [0.15, 0.2) is 0 Å². The first-order valence-electron chi connectivity index (χ1n) is 6.49. The molecule has 86 valence electrons. The molecule has 2 unspecified atom stereocenters. The van der Waals surface area contributed by atoms with E-state index in [1.54, 1.807) is 0 Å². The van der Waals surface area contributed by atoms with Crippen molar-refractivity contribution in [1.29, 1.82) is 0 Å². The summed E-state index contributed by atoms with van der Waals surface area (Å²) in [5, 5.41) is 0. The molecule has 1 nitrogen and oxygen atoms in total. The number of hydrogen-bond donors (Lipinski definition) is 0. The maximum absolute atomic E-state index is 2.56. The quantitative estimate of drug-likeness (QED) is 0.663. The van der Waals surface area contributed by atoms with Gasteiger partial charge in [-0.05, 0) is 38.8 Å². The first kappa shape index (κ1) is 14.0. The molecular formula is C13H29N. The van der Waals surface area contributed by atoms with Crippen molar-refractivity contribution in [3.05, 3.63) is 0 Å². The maximum Gasteiger partial charge on any atom is 0.0121 e. The summed E-state index contributed by atoms with van der Waals surface area (Å²) in [6, 6.07) is 0.898. The Morgan fingerprint density at radius 2 is 1.64 bits per heavy atom. The summed E-state index contributed by atoms with van der Waals surface area (Å²) in [5.74, 6) is 1.000. The molecule has 0 aromatic carbocycles. The third-order valence-electron chi connectivity index (χ3n) is 3.21. The highest BCUT2D eigenvalue weighted by atomic mass is 15.2. The standard InChI is InChI=1S/C11H23N.C2H6/c1-4-6-10-8-9-12(3)11(10)7-5-2;1-2/h10-11H,4-9H2,1-3H3;1-2H3. The lowest BCUT2D eigenvalue weighted by Gasteiger charge is -2.24. The molecule has 1 aliphatic heterocycles. The monoisotopic (exact) mass is 199 g/mol. The highest BCUT2D eigenvalue weighted by Crippen LogP contribution is 2.29. The molecule has 1 aliphatic rings. The molecule has 1 fully saturated rings. The van der Waals surface area contributed by atoms with Crippen molar-refractivity contribution >= 4 is 0 Å². The maximum atomic E-state index is 2.56. The second kappa shape index (κ2) is 8.28. The predicted molar refractivity (Wildman–Crippen MR) is 65.7 cm³/mol. The number of rotatable bonds is 4. The molecule has 0 amide bonds. The smallest absolute Gasteiger partial charge is 0.0121 e. The Morgan fingerprint density at radius 1 is 1.07 bits per heavy atom. The van der Waals surface area contributed by atoms with E-state index in [0.29, 0.717) is 0 Å².